The Morgan fingerprint density at radius 2 is 1.73 bits per heavy atom. The maximum Gasteiger partial charge on any atom is 0.433 e. The Morgan fingerprint density at radius 1 is 1.00 bits per heavy atom. The van der Waals surface area contributed by atoms with Gasteiger partial charge in [-0.2, -0.15) is 4.31 Å². The number of anilines is 1. The molecular weight excluding hydrogens is 500 g/mol. The number of benzene rings is 2. The van der Waals surface area contributed by atoms with Crippen LogP contribution in [0.4, 0.5) is 11.6 Å². The highest BCUT2D eigenvalue weighted by molar-refractivity contribution is 7.89. The van der Waals surface area contributed by atoms with E-state index in [0.29, 0.717) is 57.1 Å². The van der Waals surface area contributed by atoms with Crippen molar-refractivity contribution in [2.75, 3.05) is 44.7 Å². The first-order chi connectivity index (χ1) is 17.8. The number of nitro groups is 1. The van der Waals surface area contributed by atoms with Crippen LogP contribution in [-0.2, 0) is 23.0 Å². The van der Waals surface area contributed by atoms with Crippen LogP contribution < -0.4 is 9.64 Å². The summed E-state index contributed by atoms with van der Waals surface area (Å²) in [6.45, 7) is 2.24. The predicted octanol–water partition coefficient (Wildman–Crippen LogP) is 2.91. The van der Waals surface area contributed by atoms with Crippen molar-refractivity contribution < 1.29 is 27.3 Å². The van der Waals surface area contributed by atoms with Gasteiger partial charge in [0.25, 0.3) is 5.91 Å². The number of ether oxygens (including phenoxy) is 1. The minimum Gasteiger partial charge on any atom is -0.495 e. The van der Waals surface area contributed by atoms with E-state index in [1.54, 1.807) is 23.1 Å². The highest BCUT2D eigenvalue weighted by atomic mass is 32.2. The Hall–Kier alpha value is -3.90. The topological polar surface area (TPSA) is 126 Å². The molecule has 11 nitrogen and oxygen atoms in total. The van der Waals surface area contributed by atoms with Crippen LogP contribution >= 0.6 is 0 Å². The van der Waals surface area contributed by atoms with Crippen molar-refractivity contribution in [3.8, 4) is 5.75 Å². The molecule has 0 radical (unpaired) electrons. The summed E-state index contributed by atoms with van der Waals surface area (Å²) < 4.78 is 39.1. The molecule has 0 saturated carbocycles. The van der Waals surface area contributed by atoms with Crippen molar-refractivity contribution in [3.05, 3.63) is 81.6 Å². The monoisotopic (exact) mass is 526 g/mol. The van der Waals surface area contributed by atoms with Crippen molar-refractivity contribution in [3.63, 3.8) is 0 Å². The second-order valence-corrected chi connectivity index (χ2v) is 10.8. The first kappa shape index (κ1) is 24.8. The summed E-state index contributed by atoms with van der Waals surface area (Å²) in [6.07, 6.45) is 0.660. The van der Waals surface area contributed by atoms with Gasteiger partial charge in [-0.3, -0.25) is 14.9 Å². The van der Waals surface area contributed by atoms with Crippen molar-refractivity contribution in [2.45, 2.75) is 17.9 Å². The number of sulfonamides is 1. The molecule has 0 spiro atoms. The molecule has 194 valence electrons. The molecule has 0 atom stereocenters. The van der Waals surface area contributed by atoms with Gasteiger partial charge in [-0.05, 0) is 41.8 Å². The summed E-state index contributed by atoms with van der Waals surface area (Å²) in [7, 11) is -2.21. The lowest BCUT2D eigenvalue weighted by molar-refractivity contribution is -0.402. The van der Waals surface area contributed by atoms with Gasteiger partial charge in [0.2, 0.25) is 10.0 Å². The van der Waals surface area contributed by atoms with Crippen LogP contribution in [0.2, 0.25) is 0 Å². The fourth-order valence-electron chi connectivity index (χ4n) is 4.75. The third-order valence-corrected chi connectivity index (χ3v) is 8.61. The maximum atomic E-state index is 13.5. The molecular formula is C25H26N4O7S. The van der Waals surface area contributed by atoms with E-state index in [4.69, 9.17) is 9.15 Å². The average molecular weight is 527 g/mol. The molecule has 37 heavy (non-hydrogen) atoms. The summed E-state index contributed by atoms with van der Waals surface area (Å²) in [6, 6.07) is 15.1. The van der Waals surface area contributed by atoms with Gasteiger partial charge in [0.15, 0.2) is 5.76 Å². The normalized spacial score (nSPS) is 16.4. The van der Waals surface area contributed by atoms with Crippen molar-refractivity contribution >= 4 is 27.5 Å². The Morgan fingerprint density at radius 3 is 2.41 bits per heavy atom. The number of fused-ring (bicyclic) bond motifs is 1. The second kappa shape index (κ2) is 9.87. The molecule has 1 fully saturated rings. The van der Waals surface area contributed by atoms with E-state index in [-0.39, 0.29) is 10.7 Å². The molecule has 0 bridgehead atoms. The molecule has 1 amide bonds. The number of piperazine rings is 1. The smallest absolute Gasteiger partial charge is 0.433 e. The molecule has 0 aliphatic carbocycles. The predicted molar refractivity (Wildman–Crippen MR) is 134 cm³/mol. The van der Waals surface area contributed by atoms with Crippen LogP contribution in [0.5, 0.6) is 5.75 Å². The zero-order valence-corrected chi connectivity index (χ0v) is 21.0. The number of carbonyl (C=O) groups excluding carboxylic acids is 1. The van der Waals surface area contributed by atoms with E-state index in [1.165, 1.54) is 23.0 Å². The highest BCUT2D eigenvalue weighted by Gasteiger charge is 2.31. The summed E-state index contributed by atoms with van der Waals surface area (Å²) in [5.41, 5.74) is 2.80. The Labute approximate surface area is 214 Å². The van der Waals surface area contributed by atoms with Crippen LogP contribution in [0.1, 0.15) is 21.7 Å². The number of nitrogens with zero attached hydrogens (tertiary/aromatic N) is 4. The van der Waals surface area contributed by atoms with Crippen molar-refractivity contribution in [1.82, 2.24) is 9.21 Å². The van der Waals surface area contributed by atoms with Gasteiger partial charge in [0.1, 0.15) is 10.7 Å². The number of hydrogen-bond acceptors (Lipinski definition) is 8. The van der Waals surface area contributed by atoms with Gasteiger partial charge < -0.3 is 19.0 Å². The van der Waals surface area contributed by atoms with E-state index in [9.17, 15) is 23.3 Å². The summed E-state index contributed by atoms with van der Waals surface area (Å²) in [5, 5.41) is 10.8. The molecule has 3 aromatic rings. The Bertz CT molecular complexity index is 1440. The minimum absolute atomic E-state index is 0.0890. The lowest BCUT2D eigenvalue weighted by Crippen LogP contribution is -2.48. The van der Waals surface area contributed by atoms with Crippen LogP contribution in [0.15, 0.2) is 63.9 Å². The van der Waals surface area contributed by atoms with E-state index >= 15 is 0 Å². The van der Waals surface area contributed by atoms with Crippen molar-refractivity contribution in [1.29, 1.82) is 0 Å². The molecule has 0 unspecified atom stereocenters. The van der Waals surface area contributed by atoms with E-state index in [2.05, 4.69) is 0 Å². The lowest BCUT2D eigenvalue weighted by Gasteiger charge is -2.36. The van der Waals surface area contributed by atoms with Crippen LogP contribution in [0.25, 0.3) is 0 Å². The Balaban J connectivity index is 1.32. The molecule has 0 N–H and O–H groups in total. The fraction of sp³-hybridized carbons (Fsp3) is 0.320. The lowest BCUT2D eigenvalue weighted by atomic mass is 10.0. The number of rotatable bonds is 6. The molecule has 12 heteroatoms. The zero-order chi connectivity index (χ0) is 26.2. The van der Waals surface area contributed by atoms with Gasteiger partial charge in [0.05, 0.1) is 23.8 Å². The zero-order valence-electron chi connectivity index (χ0n) is 20.2. The fourth-order valence-corrected chi connectivity index (χ4v) is 6.19. The third kappa shape index (κ3) is 4.77. The minimum atomic E-state index is -3.74. The molecule has 5 rings (SSSR count). The molecule has 2 aromatic carbocycles. The summed E-state index contributed by atoms with van der Waals surface area (Å²) >= 11 is 0. The number of furan rings is 1. The van der Waals surface area contributed by atoms with Gasteiger partial charge in [-0.1, -0.05) is 24.3 Å². The van der Waals surface area contributed by atoms with E-state index in [1.807, 2.05) is 29.2 Å². The molecule has 1 aromatic heterocycles. The highest BCUT2D eigenvalue weighted by Crippen LogP contribution is 2.34. The SMILES string of the molecule is COc1ccc(S(=O)(=O)N2CCc3ccccc3C2)cc1N1CCN(C(=O)c2ccc([N+](=O)[O-])o2)CC1. The van der Waals surface area contributed by atoms with Gasteiger partial charge in [-0.25, -0.2) is 8.42 Å². The standard InChI is InChI=1S/C25H26N4O7S/c1-35-22-7-6-20(37(33,34)28-11-10-18-4-2-3-5-19(18)17-28)16-21(22)26-12-14-27(15-13-26)25(30)23-8-9-24(36-23)29(31)32/h2-9,16H,10-15,17H2,1H3. The quantitative estimate of drug-likeness (QED) is 0.355. The van der Waals surface area contributed by atoms with E-state index < -0.39 is 26.7 Å². The van der Waals surface area contributed by atoms with Crippen LogP contribution in [0.3, 0.4) is 0 Å². The number of carbonyl (C=O) groups is 1. The summed E-state index contributed by atoms with van der Waals surface area (Å²) in [4.78, 5) is 26.6. The van der Waals surface area contributed by atoms with Crippen molar-refractivity contribution in [2.24, 2.45) is 0 Å². The average Bonchev–Trinajstić information content (AvgIpc) is 3.43. The number of methoxy groups -OCH3 is 1. The van der Waals surface area contributed by atoms with Crippen LogP contribution in [0, 0.1) is 10.1 Å². The first-order valence-electron chi connectivity index (χ1n) is 11.8. The molecule has 1 saturated heterocycles. The molecule has 2 aliphatic heterocycles. The van der Waals surface area contributed by atoms with Gasteiger partial charge >= 0.3 is 5.88 Å². The van der Waals surface area contributed by atoms with E-state index in [0.717, 1.165) is 11.6 Å². The third-order valence-electron chi connectivity index (χ3n) is 6.77. The molecule has 2 aliphatic rings. The van der Waals surface area contributed by atoms with Gasteiger partial charge in [0, 0.05) is 39.3 Å². The largest absolute Gasteiger partial charge is 0.495 e. The van der Waals surface area contributed by atoms with Gasteiger partial charge in [-0.15, -0.1) is 0 Å². The molecule has 3 heterocycles. The summed E-state index contributed by atoms with van der Waals surface area (Å²) in [5.74, 6) is -0.471. The Kier molecular flexibility index (Phi) is 6.61. The first-order valence-corrected chi connectivity index (χ1v) is 13.3. The number of hydrogen-bond donors (Lipinski definition) is 0. The second-order valence-electron chi connectivity index (χ2n) is 8.87. The number of amides is 1. The maximum absolute atomic E-state index is 13.5. The van der Waals surface area contributed by atoms with Crippen LogP contribution in [-0.4, -0.2) is 68.3 Å².